The molecule has 1 fully saturated rings. The Labute approximate surface area is 409 Å². The third kappa shape index (κ3) is 13.5. The number of Topliss-reactive ketones (excluding diaryl/α,β-unsaturated/α-hetero) is 1. The number of rotatable bonds is 19. The molecule has 0 radical (unpaired) electrons. The fraction of sp³-hybridized carbons (Fsp3) is 0.583. The van der Waals surface area contributed by atoms with Crippen LogP contribution in [0, 0.1) is 11.8 Å². The lowest BCUT2D eigenvalue weighted by Gasteiger charge is -2.43. The molecule has 1 saturated heterocycles. The maximum absolute atomic E-state index is 14.0. The summed E-state index contributed by atoms with van der Waals surface area (Å²) >= 11 is 0. The summed E-state index contributed by atoms with van der Waals surface area (Å²) in [6.07, 6.45) is -7.69. The van der Waals surface area contributed by atoms with E-state index in [0.29, 0.717) is 0 Å². The molecule has 0 bridgehead atoms. The number of hydrogen-bond acceptors (Lipinski definition) is 18. The van der Waals surface area contributed by atoms with Gasteiger partial charge in [0.05, 0.1) is 42.0 Å². The molecular formula is C48H67N5O18. The molecule has 2 aliphatic carbocycles. The Morgan fingerprint density at radius 1 is 0.873 bits per heavy atom. The molecule has 0 saturated carbocycles. The van der Waals surface area contributed by atoms with Gasteiger partial charge in [0, 0.05) is 48.9 Å². The number of methoxy groups -OCH3 is 1. The number of ether oxygens (including phenoxy) is 3. The second-order valence-electron chi connectivity index (χ2n) is 18.8. The Bertz CT molecular complexity index is 2350. The zero-order chi connectivity index (χ0) is 53.4. The van der Waals surface area contributed by atoms with Crippen molar-refractivity contribution >= 4 is 46.9 Å². The van der Waals surface area contributed by atoms with Gasteiger partial charge in [0.15, 0.2) is 17.9 Å². The van der Waals surface area contributed by atoms with E-state index in [4.69, 9.17) is 30.2 Å². The molecule has 5 rings (SSSR count). The summed E-state index contributed by atoms with van der Waals surface area (Å²) in [7, 11) is 1.29. The number of carboxylic acids is 1. The molecule has 1 unspecified atom stereocenters. The minimum absolute atomic E-state index is 0.00808. The summed E-state index contributed by atoms with van der Waals surface area (Å²) in [4.78, 5) is 103. The number of phenols is 2. The molecule has 2 aromatic rings. The van der Waals surface area contributed by atoms with E-state index in [9.17, 15) is 63.9 Å². The topological polar surface area (TPSA) is 380 Å². The highest BCUT2D eigenvalue weighted by Crippen LogP contribution is 2.52. The number of nitrogens with one attached hydrogen (secondary N) is 4. The van der Waals surface area contributed by atoms with Gasteiger partial charge in [-0.25, -0.2) is 4.79 Å². The van der Waals surface area contributed by atoms with Crippen LogP contribution in [0.5, 0.6) is 17.2 Å². The van der Waals surface area contributed by atoms with Gasteiger partial charge < -0.3 is 77.0 Å². The van der Waals surface area contributed by atoms with Crippen molar-refractivity contribution in [2.24, 2.45) is 17.6 Å². The highest BCUT2D eigenvalue weighted by molar-refractivity contribution is 6.31. The summed E-state index contributed by atoms with van der Waals surface area (Å²) < 4.78 is 17.6. The number of carboxylic acid groups (broad SMARTS) is 1. The van der Waals surface area contributed by atoms with Gasteiger partial charge in [-0.2, -0.15) is 0 Å². The van der Waals surface area contributed by atoms with Gasteiger partial charge in [0.2, 0.25) is 29.4 Å². The van der Waals surface area contributed by atoms with E-state index in [-0.39, 0.29) is 72.1 Å². The summed E-state index contributed by atoms with van der Waals surface area (Å²) in [5.41, 5.74) is 1.12. The van der Waals surface area contributed by atoms with Crippen molar-refractivity contribution < 1.29 is 88.3 Å². The highest BCUT2D eigenvalue weighted by atomic mass is 16.7. The van der Waals surface area contributed by atoms with E-state index in [0.717, 1.165) is 0 Å². The SMILES string of the molecule is CC(O)C(=O)O.COc1cccc2c1C(=O)c1c(O)c3c(c(O)c1C2=O)C[C@@](O)(C(=O)CO)C[C@@H]3O[C@H]1C[C@H](NC(=O)[C@H](CC(C)C)NC(=O)[C@H](C)NC(=O)[C@H](CC(C)C)NC(=O)CCN)[C@H](O)[C@H](C)O1. The van der Waals surface area contributed by atoms with Crippen LogP contribution in [-0.4, -0.2) is 157 Å². The maximum Gasteiger partial charge on any atom is 0.332 e. The van der Waals surface area contributed by atoms with Gasteiger partial charge >= 0.3 is 5.97 Å². The number of aliphatic carboxylic acids is 1. The Morgan fingerprint density at radius 2 is 1.46 bits per heavy atom. The van der Waals surface area contributed by atoms with Gasteiger partial charge in [0.25, 0.3) is 0 Å². The zero-order valence-corrected chi connectivity index (χ0v) is 40.9. The lowest BCUT2D eigenvalue weighted by molar-refractivity contribution is -0.249. The molecule has 23 heteroatoms. The molecule has 23 nitrogen and oxygen atoms in total. The summed E-state index contributed by atoms with van der Waals surface area (Å²) in [5, 5.41) is 82.8. The molecule has 2 aromatic carbocycles. The van der Waals surface area contributed by atoms with Crippen LogP contribution in [0.4, 0.5) is 0 Å². The lowest BCUT2D eigenvalue weighted by atomic mass is 9.72. The molecule has 10 atom stereocenters. The summed E-state index contributed by atoms with van der Waals surface area (Å²) in [5.74, 6) is -8.03. The fourth-order valence-electron chi connectivity index (χ4n) is 8.62. The average Bonchev–Trinajstić information content (AvgIpc) is 3.29. The largest absolute Gasteiger partial charge is 0.507 e. The maximum atomic E-state index is 14.0. The Kier molecular flexibility index (Phi) is 19.7. The molecule has 0 aromatic heterocycles. The number of carbonyl (C=O) groups is 8. The molecule has 71 heavy (non-hydrogen) atoms. The fourth-order valence-corrected chi connectivity index (χ4v) is 8.62. The van der Waals surface area contributed by atoms with E-state index < -0.39 is 149 Å². The lowest BCUT2D eigenvalue weighted by Crippen LogP contribution is -2.60. The third-order valence-electron chi connectivity index (χ3n) is 12.3. The average molecular weight is 1000 g/mol. The Morgan fingerprint density at radius 3 is 2.01 bits per heavy atom. The number of fused-ring (bicyclic) bond motifs is 3. The van der Waals surface area contributed by atoms with Crippen LogP contribution >= 0.6 is 0 Å². The van der Waals surface area contributed by atoms with Crippen molar-refractivity contribution in [3.63, 3.8) is 0 Å². The van der Waals surface area contributed by atoms with Crippen molar-refractivity contribution in [3.8, 4) is 17.2 Å². The van der Waals surface area contributed by atoms with Gasteiger partial charge in [-0.15, -0.1) is 0 Å². The quantitative estimate of drug-likeness (QED) is 0.0675. The number of aliphatic hydroxyl groups excluding tert-OH is 3. The smallest absolute Gasteiger partial charge is 0.332 e. The predicted molar refractivity (Wildman–Crippen MR) is 249 cm³/mol. The normalized spacial score (nSPS) is 23.1. The summed E-state index contributed by atoms with van der Waals surface area (Å²) in [6.45, 7) is 10.4. The standard InChI is InChI=1S/C45H61N5O15.C3H6O3/c1-19(2)13-26(48-31(53)11-12-46)43(60)47-21(5)42(59)50-27(14-20(3)4)44(61)49-25-15-32(64-22(6)37(25)54)65-29-17-45(62,30(52)18-51)16-24-34(29)41(58)36-35(39(24)56)38(55)23-9-8-10-28(63-7)33(23)40(36)57;1-2(4)3(5)6/h8-10,19-22,25-27,29,32,37,51,54,56,58,62H,11-18,46H2,1-7H3,(H,47,60)(H,48,53)(H,49,61)(H,50,59);2,4H,1H3,(H,5,6)/t21-,22-,25-,26-,27-,29-,32-,37+,45-;/m0./s1. The number of phenolic OH excluding ortho intramolecular Hbond substituents is 2. The summed E-state index contributed by atoms with van der Waals surface area (Å²) in [6, 6.07) is -0.0960. The van der Waals surface area contributed by atoms with Gasteiger partial charge in [-0.05, 0) is 51.5 Å². The van der Waals surface area contributed by atoms with E-state index in [1.165, 1.54) is 46.1 Å². The first kappa shape index (κ1) is 57.5. The van der Waals surface area contributed by atoms with Gasteiger partial charge in [-0.1, -0.05) is 39.8 Å². The van der Waals surface area contributed by atoms with Crippen molar-refractivity contribution in [1.29, 1.82) is 0 Å². The highest BCUT2D eigenvalue weighted by Gasteiger charge is 2.50. The Hall–Kier alpha value is -6.08. The van der Waals surface area contributed by atoms with Crippen LogP contribution in [0.3, 0.4) is 0 Å². The molecule has 1 aliphatic heterocycles. The molecule has 1 heterocycles. The molecule has 13 N–H and O–H groups in total. The van der Waals surface area contributed by atoms with Crippen molar-refractivity contribution in [2.45, 2.75) is 147 Å². The van der Waals surface area contributed by atoms with Crippen LogP contribution in [0.1, 0.15) is 130 Å². The molecule has 4 amide bonds. The van der Waals surface area contributed by atoms with Crippen molar-refractivity contribution in [1.82, 2.24) is 21.3 Å². The number of aromatic hydroxyl groups is 2. The van der Waals surface area contributed by atoms with Crippen molar-refractivity contribution in [3.05, 3.63) is 51.6 Å². The van der Waals surface area contributed by atoms with Crippen LogP contribution in [0.25, 0.3) is 0 Å². The van der Waals surface area contributed by atoms with Gasteiger partial charge in [0.1, 0.15) is 59.8 Å². The van der Waals surface area contributed by atoms with E-state index >= 15 is 0 Å². The predicted octanol–water partition coefficient (Wildman–Crippen LogP) is -0.474. The molecular weight excluding hydrogens is 935 g/mol. The minimum Gasteiger partial charge on any atom is -0.507 e. The number of aliphatic hydroxyl groups is 4. The number of ketones is 3. The minimum atomic E-state index is -2.41. The van der Waals surface area contributed by atoms with E-state index in [1.54, 1.807) is 0 Å². The first-order valence-electron chi connectivity index (χ1n) is 23.2. The second-order valence-corrected chi connectivity index (χ2v) is 18.8. The molecule has 392 valence electrons. The third-order valence-corrected chi connectivity index (χ3v) is 12.3. The van der Waals surface area contributed by atoms with Crippen LogP contribution in [0.15, 0.2) is 18.2 Å². The number of hydrogen-bond donors (Lipinski definition) is 12. The monoisotopic (exact) mass is 1000 g/mol. The van der Waals surface area contributed by atoms with Gasteiger partial charge in [-0.3, -0.25) is 33.6 Å². The van der Waals surface area contributed by atoms with E-state index in [1.807, 2.05) is 27.7 Å². The first-order valence-corrected chi connectivity index (χ1v) is 23.2. The number of nitrogens with two attached hydrogens (primary N) is 1. The first-order chi connectivity index (χ1) is 33.2. The number of benzene rings is 2. The number of carbonyl (C=O) groups excluding carboxylic acids is 7. The van der Waals surface area contributed by atoms with Crippen LogP contribution in [-0.2, 0) is 44.7 Å². The van der Waals surface area contributed by atoms with Crippen LogP contribution < -0.4 is 31.7 Å². The second kappa shape index (κ2) is 24.4. The zero-order valence-electron chi connectivity index (χ0n) is 40.9. The van der Waals surface area contributed by atoms with E-state index in [2.05, 4.69) is 21.3 Å². The van der Waals surface area contributed by atoms with Crippen LogP contribution in [0.2, 0.25) is 0 Å². The molecule has 0 spiro atoms. The number of amides is 4. The Balaban J connectivity index is 0.00000171. The van der Waals surface area contributed by atoms with Crippen molar-refractivity contribution in [2.75, 3.05) is 20.3 Å². The molecule has 3 aliphatic rings.